The molecule has 3 nitrogen and oxygen atoms in total. The Balaban J connectivity index is 2.11. The first-order valence-corrected chi connectivity index (χ1v) is 5.15. The third-order valence-electron chi connectivity index (χ3n) is 2.91. The predicted molar refractivity (Wildman–Crippen MR) is 55.3 cm³/mol. The Morgan fingerprint density at radius 2 is 2.21 bits per heavy atom. The van der Waals surface area contributed by atoms with Gasteiger partial charge >= 0.3 is 0 Å². The SMILES string of the molecule is Cn1cccc1C(=O)C1CCNCC1. The van der Waals surface area contributed by atoms with Crippen LogP contribution in [0.4, 0.5) is 0 Å². The number of rotatable bonds is 2. The highest BCUT2D eigenvalue weighted by atomic mass is 16.1. The van der Waals surface area contributed by atoms with Crippen molar-refractivity contribution in [2.24, 2.45) is 13.0 Å². The van der Waals surface area contributed by atoms with E-state index in [1.807, 2.05) is 29.9 Å². The van der Waals surface area contributed by atoms with Gasteiger partial charge in [-0.3, -0.25) is 4.79 Å². The van der Waals surface area contributed by atoms with E-state index in [0.29, 0.717) is 5.78 Å². The van der Waals surface area contributed by atoms with E-state index in [-0.39, 0.29) is 5.92 Å². The normalized spacial score (nSPS) is 18.4. The minimum absolute atomic E-state index is 0.227. The van der Waals surface area contributed by atoms with E-state index >= 15 is 0 Å². The summed E-state index contributed by atoms with van der Waals surface area (Å²) >= 11 is 0. The highest BCUT2D eigenvalue weighted by molar-refractivity contribution is 5.96. The Morgan fingerprint density at radius 3 is 2.79 bits per heavy atom. The number of aromatic nitrogens is 1. The summed E-state index contributed by atoms with van der Waals surface area (Å²) in [6.07, 6.45) is 3.88. The zero-order chi connectivity index (χ0) is 9.97. The summed E-state index contributed by atoms with van der Waals surface area (Å²) in [6, 6.07) is 3.83. The topological polar surface area (TPSA) is 34.0 Å². The maximum atomic E-state index is 12.0. The van der Waals surface area contributed by atoms with Crippen LogP contribution in [0.5, 0.6) is 0 Å². The third-order valence-corrected chi connectivity index (χ3v) is 2.91. The molecule has 0 atom stereocenters. The Kier molecular flexibility index (Phi) is 2.68. The molecule has 0 unspecified atom stereocenters. The van der Waals surface area contributed by atoms with Crippen molar-refractivity contribution in [3.05, 3.63) is 24.0 Å². The van der Waals surface area contributed by atoms with E-state index in [1.54, 1.807) is 0 Å². The summed E-state index contributed by atoms with van der Waals surface area (Å²) in [5.41, 5.74) is 0.844. The number of aryl methyl sites for hydroxylation is 1. The van der Waals surface area contributed by atoms with Crippen molar-refractivity contribution in [2.75, 3.05) is 13.1 Å². The minimum Gasteiger partial charge on any atom is -0.348 e. The fraction of sp³-hybridized carbons (Fsp3) is 0.545. The van der Waals surface area contributed by atoms with Gasteiger partial charge in [0.15, 0.2) is 5.78 Å². The molecule has 1 saturated heterocycles. The highest BCUT2D eigenvalue weighted by Crippen LogP contribution is 2.17. The van der Waals surface area contributed by atoms with E-state index < -0.39 is 0 Å². The van der Waals surface area contributed by atoms with Gasteiger partial charge in [0.1, 0.15) is 0 Å². The lowest BCUT2D eigenvalue weighted by atomic mass is 9.92. The molecule has 0 radical (unpaired) electrons. The molecule has 0 spiro atoms. The number of ketones is 1. The minimum atomic E-state index is 0.227. The summed E-state index contributed by atoms with van der Waals surface area (Å²) in [4.78, 5) is 12.0. The van der Waals surface area contributed by atoms with E-state index in [2.05, 4.69) is 5.32 Å². The molecule has 0 aromatic carbocycles. The maximum Gasteiger partial charge on any atom is 0.182 e. The van der Waals surface area contributed by atoms with Crippen LogP contribution in [0.1, 0.15) is 23.3 Å². The smallest absolute Gasteiger partial charge is 0.182 e. The van der Waals surface area contributed by atoms with Crippen molar-refractivity contribution in [3.63, 3.8) is 0 Å². The predicted octanol–water partition coefficient (Wildman–Crippen LogP) is 1.21. The van der Waals surface area contributed by atoms with Crippen LogP contribution in [0.2, 0.25) is 0 Å². The van der Waals surface area contributed by atoms with Crippen molar-refractivity contribution in [1.82, 2.24) is 9.88 Å². The number of nitrogens with zero attached hydrogens (tertiary/aromatic N) is 1. The lowest BCUT2D eigenvalue weighted by molar-refractivity contribution is 0.0886. The number of nitrogens with one attached hydrogen (secondary N) is 1. The first kappa shape index (κ1) is 9.46. The maximum absolute atomic E-state index is 12.0. The van der Waals surface area contributed by atoms with E-state index in [0.717, 1.165) is 31.6 Å². The lowest BCUT2D eigenvalue weighted by Gasteiger charge is -2.21. The number of carbonyl (C=O) groups is 1. The second-order valence-electron chi connectivity index (χ2n) is 3.89. The molecule has 0 saturated carbocycles. The van der Waals surface area contributed by atoms with Crippen LogP contribution in [0.3, 0.4) is 0 Å². The van der Waals surface area contributed by atoms with Crippen molar-refractivity contribution in [3.8, 4) is 0 Å². The van der Waals surface area contributed by atoms with Gasteiger partial charge in [0.05, 0.1) is 5.69 Å². The highest BCUT2D eigenvalue weighted by Gasteiger charge is 2.23. The number of carbonyl (C=O) groups excluding carboxylic acids is 1. The first-order chi connectivity index (χ1) is 6.79. The molecule has 1 aliphatic heterocycles. The Bertz CT molecular complexity index is 324. The van der Waals surface area contributed by atoms with E-state index in [4.69, 9.17) is 0 Å². The molecule has 1 aromatic rings. The second kappa shape index (κ2) is 3.96. The molecular weight excluding hydrogens is 176 g/mol. The van der Waals surface area contributed by atoms with Crippen LogP contribution in [0.25, 0.3) is 0 Å². The Labute approximate surface area is 84.1 Å². The van der Waals surface area contributed by atoms with Crippen LogP contribution in [-0.2, 0) is 7.05 Å². The average Bonchev–Trinajstić information content (AvgIpc) is 2.65. The fourth-order valence-corrected chi connectivity index (χ4v) is 2.01. The summed E-state index contributed by atoms with van der Waals surface area (Å²) in [5.74, 6) is 0.531. The van der Waals surface area contributed by atoms with Gasteiger partial charge in [0, 0.05) is 19.2 Å². The van der Waals surface area contributed by atoms with Crippen molar-refractivity contribution >= 4 is 5.78 Å². The lowest BCUT2D eigenvalue weighted by Crippen LogP contribution is -2.32. The standard InChI is InChI=1S/C11H16N2O/c1-13-8-2-3-10(13)11(14)9-4-6-12-7-5-9/h2-3,8-9,12H,4-7H2,1H3. The molecule has 3 heteroatoms. The summed E-state index contributed by atoms with van der Waals surface area (Å²) in [6.45, 7) is 1.95. The van der Waals surface area contributed by atoms with Crippen molar-refractivity contribution in [2.45, 2.75) is 12.8 Å². The van der Waals surface area contributed by atoms with Gasteiger partial charge in [0.25, 0.3) is 0 Å². The molecule has 0 aliphatic carbocycles. The molecule has 1 aliphatic rings. The molecule has 1 fully saturated rings. The van der Waals surface area contributed by atoms with E-state index in [1.165, 1.54) is 0 Å². The monoisotopic (exact) mass is 192 g/mol. The summed E-state index contributed by atoms with van der Waals surface area (Å²) in [5, 5.41) is 3.27. The van der Waals surface area contributed by atoms with Gasteiger partial charge in [-0.05, 0) is 38.1 Å². The fourth-order valence-electron chi connectivity index (χ4n) is 2.01. The molecule has 1 N–H and O–H groups in total. The van der Waals surface area contributed by atoms with Gasteiger partial charge in [-0.15, -0.1) is 0 Å². The Morgan fingerprint density at radius 1 is 1.50 bits per heavy atom. The van der Waals surface area contributed by atoms with Gasteiger partial charge < -0.3 is 9.88 Å². The molecule has 1 aromatic heterocycles. The van der Waals surface area contributed by atoms with Crippen LogP contribution >= 0.6 is 0 Å². The third kappa shape index (κ3) is 1.73. The zero-order valence-electron chi connectivity index (χ0n) is 8.49. The number of Topliss-reactive ketones (excluding diaryl/α,β-unsaturated/α-hetero) is 1. The van der Waals surface area contributed by atoms with Gasteiger partial charge in [-0.2, -0.15) is 0 Å². The van der Waals surface area contributed by atoms with Crippen LogP contribution < -0.4 is 5.32 Å². The number of hydrogen-bond acceptors (Lipinski definition) is 2. The zero-order valence-corrected chi connectivity index (χ0v) is 8.49. The molecule has 2 rings (SSSR count). The van der Waals surface area contributed by atoms with Gasteiger partial charge in [-0.25, -0.2) is 0 Å². The Hall–Kier alpha value is -1.09. The summed E-state index contributed by atoms with van der Waals surface area (Å²) < 4.78 is 1.91. The molecule has 2 heterocycles. The molecule has 76 valence electrons. The molecule has 14 heavy (non-hydrogen) atoms. The first-order valence-electron chi connectivity index (χ1n) is 5.15. The number of hydrogen-bond donors (Lipinski definition) is 1. The molecule has 0 bridgehead atoms. The van der Waals surface area contributed by atoms with Gasteiger partial charge in [0.2, 0.25) is 0 Å². The van der Waals surface area contributed by atoms with E-state index in [9.17, 15) is 4.79 Å². The van der Waals surface area contributed by atoms with Crippen molar-refractivity contribution < 1.29 is 4.79 Å². The average molecular weight is 192 g/mol. The second-order valence-corrected chi connectivity index (χ2v) is 3.89. The van der Waals surface area contributed by atoms with Crippen LogP contribution in [0, 0.1) is 5.92 Å². The van der Waals surface area contributed by atoms with Crippen LogP contribution in [0.15, 0.2) is 18.3 Å². The summed E-state index contributed by atoms with van der Waals surface area (Å²) in [7, 11) is 1.92. The largest absolute Gasteiger partial charge is 0.348 e. The number of piperidine rings is 1. The van der Waals surface area contributed by atoms with Crippen molar-refractivity contribution in [1.29, 1.82) is 0 Å². The molecule has 0 amide bonds. The van der Waals surface area contributed by atoms with Gasteiger partial charge in [-0.1, -0.05) is 0 Å². The quantitative estimate of drug-likeness (QED) is 0.715. The molecular formula is C11H16N2O. The van der Waals surface area contributed by atoms with Crippen LogP contribution in [-0.4, -0.2) is 23.4 Å².